The maximum atomic E-state index is 12.7. The molecule has 0 amide bonds. The Balaban J connectivity index is 1.45. The number of carbonyl (C=O) groups is 1. The van der Waals surface area contributed by atoms with E-state index in [0.29, 0.717) is 78.4 Å². The number of ether oxygens (including phenoxy) is 1. The minimum absolute atomic E-state index is 0.00138. The lowest BCUT2D eigenvalue weighted by Gasteiger charge is -2.30. The second-order valence-corrected chi connectivity index (χ2v) is 25.0. The Kier molecular flexibility index (Phi) is 16.3. The normalized spacial score (nSPS) is 19.6. The van der Waals surface area contributed by atoms with Gasteiger partial charge >= 0.3 is 5.97 Å². The largest absolute Gasteiger partial charge is 0.481 e. The zero-order valence-electron chi connectivity index (χ0n) is 39.5. The summed E-state index contributed by atoms with van der Waals surface area (Å²) in [6.07, 6.45) is 13.6. The molecule has 20 nitrogen and oxygen atoms in total. The summed E-state index contributed by atoms with van der Waals surface area (Å²) in [6, 6.07) is 9.61. The van der Waals surface area contributed by atoms with Crippen LogP contribution >= 0.6 is 0 Å². The molecule has 0 aromatic heterocycles. The summed E-state index contributed by atoms with van der Waals surface area (Å²) in [6.45, 7) is 6.27. The van der Waals surface area contributed by atoms with Crippen LogP contribution in [0.4, 0.5) is 11.4 Å². The van der Waals surface area contributed by atoms with Gasteiger partial charge in [0.1, 0.15) is 16.3 Å². The number of nitrogens with zero attached hydrogens (tertiary/aromatic N) is 2. The predicted octanol–water partition coefficient (Wildman–Crippen LogP) is 7.04. The van der Waals surface area contributed by atoms with Crippen molar-refractivity contribution in [2.45, 2.75) is 96.1 Å². The molecule has 4 aromatic rings. The topological polar surface area (TPSA) is 325 Å². The van der Waals surface area contributed by atoms with Gasteiger partial charge in [0.2, 0.25) is 5.69 Å². The number of fused-ring (bicyclic) bond motifs is 6. The van der Waals surface area contributed by atoms with Gasteiger partial charge in [-0.05, 0) is 112 Å². The second kappa shape index (κ2) is 21.0. The molecule has 2 atom stereocenters. The number of carboxylic acids is 1. The summed E-state index contributed by atoms with van der Waals surface area (Å²) >= 11 is 0. The molecule has 2 aliphatic rings. The molecule has 0 saturated carbocycles. The van der Waals surface area contributed by atoms with Gasteiger partial charge in [-0.1, -0.05) is 36.4 Å². The SMILES string of the molecule is CCN1C(=CC=CC=CC=CC2=[N+](CCCCCC(=O)O)c3ccc4c(S(=O)(=O)O)cc(S(=O)(=O)O)cc4c3C2(C)CCOC)C(C)(CCCS(=O)(=O)O)c2c1ccc1c(S(=O)(=O)O)cc(S(=O)(=O)O)cc21. The third-order valence-electron chi connectivity index (χ3n) is 13.1. The van der Waals surface area contributed by atoms with Gasteiger partial charge in [-0.15, -0.1) is 0 Å². The summed E-state index contributed by atoms with van der Waals surface area (Å²) in [5, 5.41) is 9.33. The summed E-state index contributed by atoms with van der Waals surface area (Å²) in [7, 11) is -23.0. The molecular formula is C47H55N2O18S5+. The number of methoxy groups -OCH3 is 1. The standard InChI is InChI=1S/C47H54N2O18S5/c1-5-48-37-20-18-33-35(27-31(69(55,56)57)29-39(33)71(61,62)63)44(37)46(2,22-14-26-68(52,53)54)41(48)15-10-7-6-8-11-16-42-47(3,23-25-67-4)45-36-28-32(70(58,59)60)30-40(72(64,65)66)34(36)19-21-38(45)49(42)24-13-9-12-17-43(50)51/h6-8,10-11,15-16,18-21,27-30H,5,9,12-14,17,22-26H2,1-4H3,(H5-,50,51,52,53,54,55,56,57,58,59,60,61,62,63,64,65,66)/p+1. The average Bonchev–Trinajstić information content (AvgIpc) is 3.65. The van der Waals surface area contributed by atoms with Crippen LogP contribution in [0.2, 0.25) is 0 Å². The van der Waals surface area contributed by atoms with Crippen molar-refractivity contribution in [2.24, 2.45) is 0 Å². The van der Waals surface area contributed by atoms with E-state index in [1.807, 2.05) is 29.4 Å². The van der Waals surface area contributed by atoms with Crippen LogP contribution in [0.1, 0.15) is 76.8 Å². The minimum atomic E-state index is -5.05. The van der Waals surface area contributed by atoms with Crippen LogP contribution < -0.4 is 4.90 Å². The van der Waals surface area contributed by atoms with Gasteiger partial charge in [0.15, 0.2) is 5.71 Å². The van der Waals surface area contributed by atoms with Gasteiger partial charge in [-0.3, -0.25) is 27.6 Å². The van der Waals surface area contributed by atoms with E-state index in [1.165, 1.54) is 19.2 Å². The quantitative estimate of drug-likeness (QED) is 0.0199. The van der Waals surface area contributed by atoms with Crippen molar-refractivity contribution in [1.29, 1.82) is 0 Å². The van der Waals surface area contributed by atoms with Gasteiger partial charge in [0.25, 0.3) is 50.6 Å². The van der Waals surface area contributed by atoms with E-state index in [-0.39, 0.29) is 53.8 Å². The molecule has 25 heteroatoms. The van der Waals surface area contributed by atoms with Crippen molar-refractivity contribution in [3.63, 3.8) is 0 Å². The molecule has 2 unspecified atom stereocenters. The molecular weight excluding hydrogens is 1040 g/mol. The highest BCUT2D eigenvalue weighted by atomic mass is 32.2. The summed E-state index contributed by atoms with van der Waals surface area (Å²) in [4.78, 5) is 10.0. The number of hydrogen-bond donors (Lipinski definition) is 6. The number of carboxylic acid groups (broad SMARTS) is 1. The number of aliphatic carboxylic acids is 1. The molecule has 72 heavy (non-hydrogen) atoms. The number of hydrogen-bond acceptors (Lipinski definition) is 13. The first-order chi connectivity index (χ1) is 33.4. The third-order valence-corrected chi connectivity index (χ3v) is 17.3. The van der Waals surface area contributed by atoms with Crippen LogP contribution in [0, 0.1) is 0 Å². The first-order valence-electron chi connectivity index (χ1n) is 22.3. The molecule has 6 N–H and O–H groups in total. The van der Waals surface area contributed by atoms with Crippen LogP contribution in [0.3, 0.4) is 0 Å². The summed E-state index contributed by atoms with van der Waals surface area (Å²) in [5.74, 6) is -1.58. The zero-order chi connectivity index (χ0) is 53.4. The van der Waals surface area contributed by atoms with E-state index < -0.39 is 92.7 Å². The van der Waals surface area contributed by atoms with Crippen molar-refractivity contribution in [3.8, 4) is 0 Å². The van der Waals surface area contributed by atoms with Crippen molar-refractivity contribution >= 4 is 95.2 Å². The van der Waals surface area contributed by atoms with Gasteiger partial charge in [0.05, 0.1) is 21.0 Å². The van der Waals surface area contributed by atoms with E-state index in [4.69, 9.17) is 4.74 Å². The number of unbranched alkanes of at least 4 members (excludes halogenated alkanes) is 2. The van der Waals surface area contributed by atoms with Crippen LogP contribution in [0.25, 0.3) is 21.5 Å². The Morgan fingerprint density at radius 3 is 1.74 bits per heavy atom. The average molecular weight is 1100 g/mol. The molecule has 6 rings (SSSR count). The smallest absolute Gasteiger partial charge is 0.303 e. The maximum absolute atomic E-state index is 12.7. The molecule has 2 aliphatic heterocycles. The molecule has 2 heterocycles. The fourth-order valence-corrected chi connectivity index (χ4v) is 13.1. The van der Waals surface area contributed by atoms with E-state index in [0.717, 1.165) is 12.1 Å². The first-order valence-corrected chi connectivity index (χ1v) is 29.7. The van der Waals surface area contributed by atoms with Crippen molar-refractivity contribution in [1.82, 2.24) is 0 Å². The minimum Gasteiger partial charge on any atom is -0.481 e. The molecule has 0 spiro atoms. The number of benzene rings is 4. The van der Waals surface area contributed by atoms with Crippen LogP contribution in [0.5, 0.6) is 0 Å². The van der Waals surface area contributed by atoms with Crippen molar-refractivity contribution in [2.75, 3.05) is 37.5 Å². The van der Waals surface area contributed by atoms with E-state index in [1.54, 1.807) is 55.5 Å². The molecule has 390 valence electrons. The summed E-state index contributed by atoms with van der Waals surface area (Å²) in [5.41, 5.74) is 0.955. The predicted molar refractivity (Wildman–Crippen MR) is 268 cm³/mol. The number of allylic oxidation sites excluding steroid dienone is 8. The molecule has 0 bridgehead atoms. The lowest BCUT2D eigenvalue weighted by Crippen LogP contribution is -2.33. The van der Waals surface area contributed by atoms with Crippen molar-refractivity contribution in [3.05, 3.63) is 108 Å². The van der Waals surface area contributed by atoms with E-state index >= 15 is 0 Å². The molecule has 0 saturated heterocycles. The van der Waals surface area contributed by atoms with Gasteiger partial charge in [0, 0.05) is 78.4 Å². The Hall–Kier alpha value is -5.19. The second-order valence-electron chi connectivity index (χ2n) is 17.8. The highest BCUT2D eigenvalue weighted by molar-refractivity contribution is 7.87. The molecule has 0 radical (unpaired) electrons. The Morgan fingerprint density at radius 2 is 1.21 bits per heavy atom. The van der Waals surface area contributed by atoms with Crippen LogP contribution in [0.15, 0.2) is 116 Å². The third kappa shape index (κ3) is 11.8. The van der Waals surface area contributed by atoms with Crippen LogP contribution in [-0.4, -0.2) is 119 Å². The zero-order valence-corrected chi connectivity index (χ0v) is 43.5. The Morgan fingerprint density at radius 1 is 0.653 bits per heavy atom. The fourth-order valence-electron chi connectivity index (χ4n) is 9.93. The van der Waals surface area contributed by atoms with E-state index in [2.05, 4.69) is 0 Å². The van der Waals surface area contributed by atoms with Gasteiger partial charge in [-0.2, -0.15) is 46.7 Å². The number of rotatable bonds is 22. The fraction of sp³-hybridized carbons (Fsp3) is 0.362. The Labute approximate surface area is 418 Å². The van der Waals surface area contributed by atoms with Crippen LogP contribution in [-0.2, 0) is 71.0 Å². The summed E-state index contributed by atoms with van der Waals surface area (Å²) < 4.78 is 182. The lowest BCUT2D eigenvalue weighted by molar-refractivity contribution is -0.438. The molecule has 0 fully saturated rings. The highest BCUT2D eigenvalue weighted by Gasteiger charge is 2.49. The lowest BCUT2D eigenvalue weighted by atomic mass is 9.75. The van der Waals surface area contributed by atoms with Gasteiger partial charge in [-0.25, -0.2) is 0 Å². The van der Waals surface area contributed by atoms with E-state index in [9.17, 15) is 74.8 Å². The Bertz CT molecular complexity index is 3600. The molecule has 4 aromatic carbocycles. The highest BCUT2D eigenvalue weighted by Crippen LogP contribution is 2.54. The first kappa shape index (κ1) is 56.1. The molecule has 0 aliphatic carbocycles. The van der Waals surface area contributed by atoms with Gasteiger partial charge < -0.3 is 14.7 Å². The number of likely N-dealkylation sites (N-methyl/N-ethyl adjacent to an activating group) is 1. The number of anilines is 1. The monoisotopic (exact) mass is 1100 g/mol. The maximum Gasteiger partial charge on any atom is 0.303 e. The van der Waals surface area contributed by atoms with Crippen molar-refractivity contribution < 1.29 is 84.1 Å².